The molecular formula is C15H20N2O. The number of pyridine rings is 1. The first-order valence-corrected chi connectivity index (χ1v) is 6.36. The zero-order valence-corrected chi connectivity index (χ0v) is 11.2. The Bertz CT molecular complexity index is 490. The van der Waals surface area contributed by atoms with Gasteiger partial charge in [0.05, 0.1) is 0 Å². The highest BCUT2D eigenvalue weighted by Gasteiger charge is 2.11. The summed E-state index contributed by atoms with van der Waals surface area (Å²) in [5, 5.41) is 3.51. The van der Waals surface area contributed by atoms with Crippen LogP contribution in [0.3, 0.4) is 0 Å². The molecule has 3 nitrogen and oxygen atoms in total. The zero-order chi connectivity index (χ0) is 13.0. The molecule has 0 aliphatic rings. The molecule has 96 valence electrons. The van der Waals surface area contributed by atoms with Crippen LogP contribution >= 0.6 is 0 Å². The summed E-state index contributed by atoms with van der Waals surface area (Å²) >= 11 is 0. The lowest BCUT2D eigenvalue weighted by Crippen LogP contribution is -2.21. The molecule has 1 atom stereocenters. The Balaban J connectivity index is 1.85. The Morgan fingerprint density at radius 1 is 1.39 bits per heavy atom. The first-order valence-electron chi connectivity index (χ1n) is 6.36. The molecule has 1 N–H and O–H groups in total. The fourth-order valence-corrected chi connectivity index (χ4v) is 2.17. The molecule has 3 heteroatoms. The smallest absolute Gasteiger partial charge is 0.105 e. The van der Waals surface area contributed by atoms with Gasteiger partial charge in [0.2, 0.25) is 0 Å². The molecule has 2 aromatic heterocycles. The van der Waals surface area contributed by atoms with Crippen LogP contribution in [0.1, 0.15) is 35.6 Å². The van der Waals surface area contributed by atoms with Gasteiger partial charge in [-0.1, -0.05) is 6.07 Å². The van der Waals surface area contributed by atoms with Crippen molar-refractivity contribution in [2.45, 2.75) is 33.2 Å². The number of nitrogens with zero attached hydrogens (tertiary/aromatic N) is 1. The van der Waals surface area contributed by atoms with E-state index in [-0.39, 0.29) is 0 Å². The van der Waals surface area contributed by atoms with E-state index in [0.29, 0.717) is 6.04 Å². The molecule has 1 unspecified atom stereocenters. The largest absolute Gasteiger partial charge is 0.466 e. The summed E-state index contributed by atoms with van der Waals surface area (Å²) in [5.41, 5.74) is 2.51. The third-order valence-corrected chi connectivity index (χ3v) is 3.13. The highest BCUT2D eigenvalue weighted by Crippen LogP contribution is 2.20. The first-order chi connectivity index (χ1) is 8.66. The van der Waals surface area contributed by atoms with Crippen LogP contribution in [-0.2, 0) is 6.42 Å². The van der Waals surface area contributed by atoms with Crippen LogP contribution < -0.4 is 5.32 Å². The van der Waals surface area contributed by atoms with E-state index in [1.807, 2.05) is 26.1 Å². The van der Waals surface area contributed by atoms with Gasteiger partial charge in [0.25, 0.3) is 0 Å². The van der Waals surface area contributed by atoms with E-state index in [2.05, 4.69) is 29.4 Å². The van der Waals surface area contributed by atoms with Gasteiger partial charge in [-0.25, -0.2) is 0 Å². The number of hydrogen-bond donors (Lipinski definition) is 1. The van der Waals surface area contributed by atoms with Crippen molar-refractivity contribution in [2.24, 2.45) is 0 Å². The Labute approximate surface area is 108 Å². The molecule has 0 bridgehead atoms. The molecule has 2 rings (SSSR count). The molecule has 0 aliphatic carbocycles. The van der Waals surface area contributed by atoms with Gasteiger partial charge in [-0.3, -0.25) is 4.98 Å². The number of nitrogens with one attached hydrogen (secondary N) is 1. The van der Waals surface area contributed by atoms with Gasteiger partial charge < -0.3 is 9.73 Å². The van der Waals surface area contributed by atoms with Crippen LogP contribution in [0, 0.1) is 13.8 Å². The van der Waals surface area contributed by atoms with Gasteiger partial charge in [-0.2, -0.15) is 0 Å². The lowest BCUT2D eigenvalue weighted by Gasteiger charge is -2.12. The topological polar surface area (TPSA) is 38.1 Å². The van der Waals surface area contributed by atoms with Crippen molar-refractivity contribution in [1.82, 2.24) is 10.3 Å². The molecule has 0 aromatic carbocycles. The average molecular weight is 244 g/mol. The van der Waals surface area contributed by atoms with E-state index < -0.39 is 0 Å². The first kappa shape index (κ1) is 12.8. The third kappa shape index (κ3) is 3.20. The van der Waals surface area contributed by atoms with Crippen molar-refractivity contribution in [1.29, 1.82) is 0 Å². The van der Waals surface area contributed by atoms with E-state index >= 15 is 0 Å². The normalized spacial score (nSPS) is 12.6. The van der Waals surface area contributed by atoms with Crippen molar-refractivity contribution in [2.75, 3.05) is 6.54 Å². The van der Waals surface area contributed by atoms with E-state index in [9.17, 15) is 0 Å². The summed E-state index contributed by atoms with van der Waals surface area (Å²) in [6.45, 7) is 7.11. The number of furan rings is 1. The Morgan fingerprint density at radius 2 is 2.22 bits per heavy atom. The maximum Gasteiger partial charge on any atom is 0.105 e. The van der Waals surface area contributed by atoms with Gasteiger partial charge >= 0.3 is 0 Å². The summed E-state index contributed by atoms with van der Waals surface area (Å²) in [7, 11) is 0. The van der Waals surface area contributed by atoms with E-state index in [0.717, 1.165) is 24.5 Å². The highest BCUT2D eigenvalue weighted by molar-refractivity contribution is 5.23. The molecular weight excluding hydrogens is 224 g/mol. The SMILES string of the molecule is Cc1cc(C(C)NCCc2cccnc2)c(C)o1. The van der Waals surface area contributed by atoms with Gasteiger partial charge in [-0.15, -0.1) is 0 Å². The van der Waals surface area contributed by atoms with Crippen molar-refractivity contribution in [3.8, 4) is 0 Å². The fourth-order valence-electron chi connectivity index (χ4n) is 2.17. The molecule has 0 amide bonds. The minimum absolute atomic E-state index is 0.319. The molecule has 0 fully saturated rings. The lowest BCUT2D eigenvalue weighted by molar-refractivity contribution is 0.490. The number of aryl methyl sites for hydroxylation is 2. The fraction of sp³-hybridized carbons (Fsp3) is 0.400. The second kappa shape index (κ2) is 5.83. The number of aromatic nitrogens is 1. The summed E-state index contributed by atoms with van der Waals surface area (Å²) in [6, 6.07) is 6.51. The van der Waals surface area contributed by atoms with Crippen molar-refractivity contribution in [3.63, 3.8) is 0 Å². The Morgan fingerprint density at radius 3 is 2.83 bits per heavy atom. The Kier molecular flexibility index (Phi) is 4.15. The summed E-state index contributed by atoms with van der Waals surface area (Å²) in [5.74, 6) is 1.98. The summed E-state index contributed by atoms with van der Waals surface area (Å²) in [6.07, 6.45) is 4.71. The predicted octanol–water partition coefficient (Wildman–Crippen LogP) is 3.18. The van der Waals surface area contributed by atoms with Crippen LogP contribution in [0.15, 0.2) is 35.0 Å². The Hall–Kier alpha value is -1.61. The monoisotopic (exact) mass is 244 g/mol. The molecule has 18 heavy (non-hydrogen) atoms. The molecule has 2 heterocycles. The molecule has 0 saturated heterocycles. The zero-order valence-electron chi connectivity index (χ0n) is 11.2. The average Bonchev–Trinajstić information content (AvgIpc) is 2.70. The van der Waals surface area contributed by atoms with Gasteiger partial charge in [-0.05, 0) is 51.4 Å². The molecule has 0 spiro atoms. The molecule has 0 radical (unpaired) electrons. The van der Waals surface area contributed by atoms with Gasteiger partial charge in [0.1, 0.15) is 11.5 Å². The molecule has 0 saturated carbocycles. The standard InChI is InChI=1S/C15H20N2O/c1-11-9-15(13(3)18-11)12(2)17-8-6-14-5-4-7-16-10-14/h4-5,7,9-10,12,17H,6,8H2,1-3H3. The lowest BCUT2D eigenvalue weighted by atomic mass is 10.1. The summed E-state index contributed by atoms with van der Waals surface area (Å²) < 4.78 is 5.55. The number of hydrogen-bond acceptors (Lipinski definition) is 3. The minimum Gasteiger partial charge on any atom is -0.466 e. The van der Waals surface area contributed by atoms with Gasteiger partial charge in [0, 0.05) is 24.0 Å². The second-order valence-corrected chi connectivity index (χ2v) is 4.66. The van der Waals surface area contributed by atoms with Crippen molar-refractivity contribution >= 4 is 0 Å². The van der Waals surface area contributed by atoms with Crippen LogP contribution in [0.5, 0.6) is 0 Å². The maximum atomic E-state index is 5.55. The van der Waals surface area contributed by atoms with Crippen LogP contribution in [0.4, 0.5) is 0 Å². The van der Waals surface area contributed by atoms with Crippen molar-refractivity contribution in [3.05, 3.63) is 53.2 Å². The minimum atomic E-state index is 0.319. The highest BCUT2D eigenvalue weighted by atomic mass is 16.3. The maximum absolute atomic E-state index is 5.55. The molecule has 0 aliphatic heterocycles. The van der Waals surface area contributed by atoms with Crippen molar-refractivity contribution < 1.29 is 4.42 Å². The second-order valence-electron chi connectivity index (χ2n) is 4.66. The van der Waals surface area contributed by atoms with Crippen LogP contribution in [-0.4, -0.2) is 11.5 Å². The van der Waals surface area contributed by atoms with E-state index in [4.69, 9.17) is 4.42 Å². The van der Waals surface area contributed by atoms with E-state index in [1.54, 1.807) is 6.20 Å². The van der Waals surface area contributed by atoms with Crippen LogP contribution in [0.2, 0.25) is 0 Å². The van der Waals surface area contributed by atoms with Crippen LogP contribution in [0.25, 0.3) is 0 Å². The molecule has 2 aromatic rings. The predicted molar refractivity (Wildman–Crippen MR) is 72.5 cm³/mol. The van der Waals surface area contributed by atoms with E-state index in [1.165, 1.54) is 11.1 Å². The van der Waals surface area contributed by atoms with Gasteiger partial charge in [0.15, 0.2) is 0 Å². The third-order valence-electron chi connectivity index (χ3n) is 3.13. The number of rotatable bonds is 5. The quantitative estimate of drug-likeness (QED) is 0.877. The summed E-state index contributed by atoms with van der Waals surface area (Å²) in [4.78, 5) is 4.12.